The van der Waals surface area contributed by atoms with Crippen LogP contribution in [0.1, 0.15) is 42.9 Å². The molecule has 1 aliphatic heterocycles. The number of carboxylic acids is 1. The van der Waals surface area contributed by atoms with Gasteiger partial charge in [-0.3, -0.25) is 0 Å². The zero-order valence-corrected chi connectivity index (χ0v) is 9.76. The third-order valence-electron chi connectivity index (χ3n) is 2.64. The third-order valence-corrected chi connectivity index (χ3v) is 2.64. The van der Waals surface area contributed by atoms with Crippen LogP contribution < -0.4 is 4.74 Å². The molecule has 0 saturated carbocycles. The fourth-order valence-corrected chi connectivity index (χ4v) is 1.86. The van der Waals surface area contributed by atoms with Gasteiger partial charge in [0.2, 0.25) is 5.88 Å². The number of carbonyl (C=O) groups is 1. The van der Waals surface area contributed by atoms with Gasteiger partial charge >= 0.3 is 5.97 Å². The molecule has 0 aliphatic carbocycles. The average molecular weight is 240 g/mol. The molecule has 6 heteroatoms. The summed E-state index contributed by atoms with van der Waals surface area (Å²) in [5.41, 5.74) is -0.0115. The molecule has 1 saturated heterocycles. The molecule has 2 heterocycles. The Kier molecular flexibility index (Phi) is 3.63. The Bertz CT molecular complexity index is 396. The van der Waals surface area contributed by atoms with E-state index in [9.17, 15) is 4.79 Å². The summed E-state index contributed by atoms with van der Waals surface area (Å²) in [5.74, 6) is -0.600. The first-order valence-corrected chi connectivity index (χ1v) is 5.79. The quantitative estimate of drug-likeness (QED) is 0.866. The standard InChI is InChI=1S/C11H16N2O4/c1-2-16-10-7-8(11(14)15)12-13(10)9-5-3-4-6-17-9/h7,9H,2-6H2,1H3,(H,14,15). The molecule has 0 amide bonds. The minimum Gasteiger partial charge on any atom is -0.478 e. The van der Waals surface area contributed by atoms with Crippen molar-refractivity contribution < 1.29 is 19.4 Å². The van der Waals surface area contributed by atoms with E-state index in [1.54, 1.807) is 0 Å². The second-order valence-electron chi connectivity index (χ2n) is 3.87. The Morgan fingerprint density at radius 3 is 3.12 bits per heavy atom. The van der Waals surface area contributed by atoms with E-state index >= 15 is 0 Å². The predicted molar refractivity (Wildman–Crippen MR) is 59.2 cm³/mol. The molecular weight excluding hydrogens is 224 g/mol. The van der Waals surface area contributed by atoms with Gasteiger partial charge < -0.3 is 14.6 Å². The van der Waals surface area contributed by atoms with Gasteiger partial charge in [0, 0.05) is 12.7 Å². The molecule has 6 nitrogen and oxygen atoms in total. The minimum atomic E-state index is -1.06. The lowest BCUT2D eigenvalue weighted by molar-refractivity contribution is -0.0439. The largest absolute Gasteiger partial charge is 0.478 e. The van der Waals surface area contributed by atoms with Gasteiger partial charge in [-0.15, -0.1) is 0 Å². The van der Waals surface area contributed by atoms with Crippen LogP contribution in [-0.4, -0.2) is 34.1 Å². The van der Waals surface area contributed by atoms with Crippen LogP contribution in [0.4, 0.5) is 0 Å². The Hall–Kier alpha value is -1.56. The molecule has 2 rings (SSSR count). The van der Waals surface area contributed by atoms with Crippen molar-refractivity contribution in [2.75, 3.05) is 13.2 Å². The lowest BCUT2D eigenvalue weighted by Gasteiger charge is -2.23. The molecule has 0 aromatic carbocycles. The number of ether oxygens (including phenoxy) is 2. The van der Waals surface area contributed by atoms with Crippen molar-refractivity contribution in [2.24, 2.45) is 0 Å². The van der Waals surface area contributed by atoms with Crippen LogP contribution >= 0.6 is 0 Å². The van der Waals surface area contributed by atoms with E-state index in [1.165, 1.54) is 10.7 Å². The molecule has 0 spiro atoms. The zero-order valence-electron chi connectivity index (χ0n) is 9.76. The predicted octanol–water partition coefficient (Wildman–Crippen LogP) is 1.68. The maximum absolute atomic E-state index is 10.9. The number of hydrogen-bond donors (Lipinski definition) is 1. The number of nitrogens with zero attached hydrogens (tertiary/aromatic N) is 2. The van der Waals surface area contributed by atoms with E-state index < -0.39 is 5.97 Å². The maximum atomic E-state index is 10.9. The second-order valence-corrected chi connectivity index (χ2v) is 3.87. The van der Waals surface area contributed by atoms with Gasteiger partial charge in [-0.05, 0) is 26.2 Å². The molecule has 0 bridgehead atoms. The Balaban J connectivity index is 2.25. The highest BCUT2D eigenvalue weighted by Gasteiger charge is 2.23. The van der Waals surface area contributed by atoms with Crippen molar-refractivity contribution in [1.29, 1.82) is 0 Å². The summed E-state index contributed by atoms with van der Waals surface area (Å²) >= 11 is 0. The summed E-state index contributed by atoms with van der Waals surface area (Å²) in [4.78, 5) is 10.9. The van der Waals surface area contributed by atoms with E-state index in [-0.39, 0.29) is 11.9 Å². The first-order chi connectivity index (χ1) is 8.22. The van der Waals surface area contributed by atoms with Crippen LogP contribution in [0.15, 0.2) is 6.07 Å². The highest BCUT2D eigenvalue weighted by Crippen LogP contribution is 2.27. The number of hydrogen-bond acceptors (Lipinski definition) is 4. The van der Waals surface area contributed by atoms with Crippen LogP contribution in [0.3, 0.4) is 0 Å². The van der Waals surface area contributed by atoms with Gasteiger partial charge in [0.1, 0.15) is 0 Å². The van der Waals surface area contributed by atoms with Crippen LogP contribution in [-0.2, 0) is 4.74 Å². The fraction of sp³-hybridized carbons (Fsp3) is 0.636. The van der Waals surface area contributed by atoms with E-state index in [4.69, 9.17) is 14.6 Å². The van der Waals surface area contributed by atoms with Gasteiger partial charge in [-0.25, -0.2) is 9.48 Å². The topological polar surface area (TPSA) is 73.6 Å². The van der Waals surface area contributed by atoms with E-state index in [0.29, 0.717) is 19.1 Å². The van der Waals surface area contributed by atoms with E-state index in [0.717, 1.165) is 19.3 Å². The molecule has 1 fully saturated rings. The fourth-order valence-electron chi connectivity index (χ4n) is 1.86. The van der Waals surface area contributed by atoms with Gasteiger partial charge in [-0.2, -0.15) is 5.10 Å². The summed E-state index contributed by atoms with van der Waals surface area (Å²) in [7, 11) is 0. The molecule has 17 heavy (non-hydrogen) atoms. The number of aromatic nitrogens is 2. The van der Waals surface area contributed by atoms with Crippen molar-refractivity contribution >= 4 is 5.97 Å². The highest BCUT2D eigenvalue weighted by molar-refractivity contribution is 5.85. The molecule has 1 N–H and O–H groups in total. The Morgan fingerprint density at radius 2 is 2.53 bits per heavy atom. The van der Waals surface area contributed by atoms with Crippen molar-refractivity contribution in [3.8, 4) is 5.88 Å². The Morgan fingerprint density at radius 1 is 1.71 bits per heavy atom. The smallest absolute Gasteiger partial charge is 0.356 e. The van der Waals surface area contributed by atoms with Crippen LogP contribution in [0.5, 0.6) is 5.88 Å². The van der Waals surface area contributed by atoms with Gasteiger partial charge in [0.05, 0.1) is 6.61 Å². The van der Waals surface area contributed by atoms with Crippen molar-refractivity contribution in [2.45, 2.75) is 32.4 Å². The molecule has 1 aromatic rings. The number of aromatic carboxylic acids is 1. The summed E-state index contributed by atoms with van der Waals surface area (Å²) in [6.45, 7) is 3.00. The molecule has 0 radical (unpaired) electrons. The summed E-state index contributed by atoms with van der Waals surface area (Å²) in [5, 5.41) is 12.9. The average Bonchev–Trinajstić information content (AvgIpc) is 2.75. The Labute approximate surface area is 99.1 Å². The molecule has 94 valence electrons. The van der Waals surface area contributed by atoms with Crippen molar-refractivity contribution in [3.05, 3.63) is 11.8 Å². The third kappa shape index (κ3) is 2.58. The first-order valence-electron chi connectivity index (χ1n) is 5.79. The second kappa shape index (κ2) is 5.18. The summed E-state index contributed by atoms with van der Waals surface area (Å²) < 4.78 is 12.5. The first kappa shape index (κ1) is 11.9. The molecule has 1 atom stereocenters. The minimum absolute atomic E-state index is 0.0115. The number of rotatable bonds is 4. The van der Waals surface area contributed by atoms with Crippen LogP contribution in [0.25, 0.3) is 0 Å². The van der Waals surface area contributed by atoms with Gasteiger partial charge in [0.25, 0.3) is 0 Å². The normalized spacial score (nSPS) is 20.2. The van der Waals surface area contributed by atoms with E-state index in [2.05, 4.69) is 5.10 Å². The number of carboxylic acid groups (broad SMARTS) is 1. The van der Waals surface area contributed by atoms with Gasteiger partial charge in [0.15, 0.2) is 11.9 Å². The van der Waals surface area contributed by atoms with Crippen LogP contribution in [0.2, 0.25) is 0 Å². The summed E-state index contributed by atoms with van der Waals surface area (Å²) in [6, 6.07) is 1.43. The van der Waals surface area contributed by atoms with Crippen molar-refractivity contribution in [1.82, 2.24) is 9.78 Å². The molecule has 1 unspecified atom stereocenters. The van der Waals surface area contributed by atoms with Gasteiger partial charge in [-0.1, -0.05) is 0 Å². The van der Waals surface area contributed by atoms with E-state index in [1.807, 2.05) is 6.92 Å². The van der Waals surface area contributed by atoms with Crippen molar-refractivity contribution in [3.63, 3.8) is 0 Å². The monoisotopic (exact) mass is 240 g/mol. The van der Waals surface area contributed by atoms with Crippen LogP contribution in [0, 0.1) is 0 Å². The molecule has 1 aromatic heterocycles. The lowest BCUT2D eigenvalue weighted by atomic mass is 10.2. The molecule has 1 aliphatic rings. The SMILES string of the molecule is CCOc1cc(C(=O)O)nn1C1CCCCO1. The molecular formula is C11H16N2O4. The highest BCUT2D eigenvalue weighted by atomic mass is 16.5. The summed E-state index contributed by atoms with van der Waals surface area (Å²) in [6.07, 6.45) is 2.71. The maximum Gasteiger partial charge on any atom is 0.356 e. The zero-order chi connectivity index (χ0) is 12.3. The lowest BCUT2D eigenvalue weighted by Crippen LogP contribution is -2.20.